The highest BCUT2D eigenvalue weighted by molar-refractivity contribution is 7.13. The number of halogens is 1. The van der Waals surface area contributed by atoms with E-state index < -0.39 is 0 Å². The lowest BCUT2D eigenvalue weighted by Crippen LogP contribution is -2.42. The normalized spacial score (nSPS) is 18.3. The largest absolute Gasteiger partial charge is 0.490 e. The Morgan fingerprint density at radius 1 is 1.46 bits per heavy atom. The zero-order valence-corrected chi connectivity index (χ0v) is 14.1. The molecule has 128 valence electrons. The van der Waals surface area contributed by atoms with Gasteiger partial charge in [-0.1, -0.05) is 12.1 Å². The summed E-state index contributed by atoms with van der Waals surface area (Å²) >= 11 is 1.40. The van der Waals surface area contributed by atoms with Gasteiger partial charge in [-0.15, -0.1) is 11.3 Å². The van der Waals surface area contributed by atoms with Crippen LogP contribution >= 0.6 is 11.3 Å². The summed E-state index contributed by atoms with van der Waals surface area (Å²) in [6.45, 7) is 2.47. The first-order chi connectivity index (χ1) is 11.7. The number of hydrogen-bond acceptors (Lipinski definition) is 5. The lowest BCUT2D eigenvalue weighted by atomic mass is 9.99. The highest BCUT2D eigenvalue weighted by Crippen LogP contribution is 2.21. The molecule has 24 heavy (non-hydrogen) atoms. The summed E-state index contributed by atoms with van der Waals surface area (Å²) in [7, 11) is 0. The summed E-state index contributed by atoms with van der Waals surface area (Å²) in [5, 5.41) is 5.24. The number of para-hydroxylation sites is 1. The number of hydrogen-bond donors (Lipinski definition) is 1. The predicted molar refractivity (Wildman–Crippen MR) is 91.8 cm³/mol. The summed E-state index contributed by atoms with van der Waals surface area (Å²) in [4.78, 5) is 18.2. The van der Waals surface area contributed by atoms with E-state index in [4.69, 9.17) is 4.74 Å². The van der Waals surface area contributed by atoms with Crippen LogP contribution in [0.5, 0.6) is 5.75 Å². The van der Waals surface area contributed by atoms with Gasteiger partial charge in [0.15, 0.2) is 16.7 Å². The van der Waals surface area contributed by atoms with Gasteiger partial charge in [-0.3, -0.25) is 9.69 Å². The Morgan fingerprint density at radius 3 is 3.12 bits per heavy atom. The highest BCUT2D eigenvalue weighted by Gasteiger charge is 2.22. The maximum atomic E-state index is 13.6. The molecule has 0 unspecified atom stereocenters. The second kappa shape index (κ2) is 8.21. The fourth-order valence-electron chi connectivity index (χ4n) is 2.85. The molecule has 1 aliphatic rings. The van der Waals surface area contributed by atoms with Gasteiger partial charge < -0.3 is 10.1 Å². The van der Waals surface area contributed by atoms with Gasteiger partial charge in [-0.05, 0) is 31.5 Å². The average molecular weight is 349 g/mol. The minimum atomic E-state index is -0.340. The Bertz CT molecular complexity index is 666. The number of amides is 1. The Hall–Kier alpha value is -1.99. The number of likely N-dealkylation sites (tertiary alicyclic amines) is 1. The van der Waals surface area contributed by atoms with E-state index in [1.54, 1.807) is 24.4 Å². The monoisotopic (exact) mass is 349 g/mol. The minimum Gasteiger partial charge on any atom is -0.490 e. The molecule has 7 heteroatoms. The van der Waals surface area contributed by atoms with Gasteiger partial charge in [0.1, 0.15) is 0 Å². The molecule has 0 saturated carbocycles. The zero-order chi connectivity index (χ0) is 16.8. The number of carbonyl (C=O) groups excluding carboxylic acids is 1. The van der Waals surface area contributed by atoms with Crippen molar-refractivity contribution >= 4 is 22.4 Å². The molecule has 3 rings (SSSR count). The molecule has 0 bridgehead atoms. The maximum Gasteiger partial charge on any atom is 0.240 e. The van der Waals surface area contributed by atoms with Gasteiger partial charge in [-0.2, -0.15) is 0 Å². The maximum absolute atomic E-state index is 13.6. The molecule has 1 aromatic carbocycles. The van der Waals surface area contributed by atoms with Crippen molar-refractivity contribution in [1.29, 1.82) is 0 Å². The molecule has 1 N–H and O–H groups in total. The third kappa shape index (κ3) is 4.75. The summed E-state index contributed by atoms with van der Waals surface area (Å²) in [6, 6.07) is 6.43. The second-order valence-corrected chi connectivity index (χ2v) is 6.76. The van der Waals surface area contributed by atoms with Crippen molar-refractivity contribution in [3.8, 4) is 5.75 Å². The van der Waals surface area contributed by atoms with Gasteiger partial charge >= 0.3 is 0 Å². The van der Waals surface area contributed by atoms with Crippen molar-refractivity contribution in [3.05, 3.63) is 41.7 Å². The molecular formula is C17H20FN3O2S. The lowest BCUT2D eigenvalue weighted by Gasteiger charge is -2.32. The summed E-state index contributed by atoms with van der Waals surface area (Å²) < 4.78 is 19.2. The van der Waals surface area contributed by atoms with Gasteiger partial charge in [-0.25, -0.2) is 9.37 Å². The van der Waals surface area contributed by atoms with Crippen LogP contribution in [0.1, 0.15) is 12.8 Å². The average Bonchev–Trinajstić information content (AvgIpc) is 3.07. The van der Waals surface area contributed by atoms with E-state index in [-0.39, 0.29) is 17.5 Å². The first kappa shape index (κ1) is 16.9. The second-order valence-electron chi connectivity index (χ2n) is 5.87. The molecule has 1 aromatic heterocycles. The first-order valence-electron chi connectivity index (χ1n) is 8.00. The molecule has 5 nitrogen and oxygen atoms in total. The van der Waals surface area contributed by atoms with E-state index in [1.807, 2.05) is 5.38 Å². The number of benzene rings is 1. The summed E-state index contributed by atoms with van der Waals surface area (Å²) in [6.07, 6.45) is 3.70. The van der Waals surface area contributed by atoms with E-state index in [9.17, 15) is 9.18 Å². The Labute approximate surface area is 144 Å². The van der Waals surface area contributed by atoms with Gasteiger partial charge in [0.25, 0.3) is 0 Å². The molecule has 0 spiro atoms. The van der Waals surface area contributed by atoms with Crippen LogP contribution in [-0.2, 0) is 4.79 Å². The number of carbonyl (C=O) groups is 1. The van der Waals surface area contributed by atoms with E-state index in [2.05, 4.69) is 15.2 Å². The van der Waals surface area contributed by atoms with Crippen molar-refractivity contribution in [2.24, 2.45) is 5.92 Å². The van der Waals surface area contributed by atoms with E-state index in [0.717, 1.165) is 25.9 Å². The van der Waals surface area contributed by atoms with Crippen LogP contribution in [-0.4, -0.2) is 42.0 Å². The molecular weight excluding hydrogens is 329 g/mol. The van der Waals surface area contributed by atoms with Crippen LogP contribution in [0.15, 0.2) is 35.8 Å². The fourth-order valence-corrected chi connectivity index (χ4v) is 3.39. The van der Waals surface area contributed by atoms with Crippen LogP contribution in [0.3, 0.4) is 0 Å². The van der Waals surface area contributed by atoms with E-state index >= 15 is 0 Å². The minimum absolute atomic E-state index is 0.0550. The quantitative estimate of drug-likeness (QED) is 0.871. The van der Waals surface area contributed by atoms with Crippen molar-refractivity contribution in [2.45, 2.75) is 12.8 Å². The number of ether oxygens (including phenoxy) is 1. The van der Waals surface area contributed by atoms with Crippen LogP contribution in [0.25, 0.3) is 0 Å². The van der Waals surface area contributed by atoms with Crippen molar-refractivity contribution in [3.63, 3.8) is 0 Å². The standard InChI is InChI=1S/C17H20FN3O2S/c18-14-5-1-2-6-15(14)23-12-13-4-3-8-21(10-13)11-16(22)20-17-19-7-9-24-17/h1-2,5-7,9,13H,3-4,8,10-12H2,(H,19,20,22)/t13-/m0/s1. The van der Waals surface area contributed by atoms with Crippen LogP contribution in [0.2, 0.25) is 0 Å². The Balaban J connectivity index is 1.45. The van der Waals surface area contributed by atoms with Gasteiger partial charge in [0.2, 0.25) is 5.91 Å². The molecule has 1 aliphatic heterocycles. The number of piperidine rings is 1. The van der Waals surface area contributed by atoms with Crippen LogP contribution < -0.4 is 10.1 Å². The molecule has 2 heterocycles. The smallest absolute Gasteiger partial charge is 0.240 e. The number of thiazole rings is 1. The van der Waals surface area contributed by atoms with Gasteiger partial charge in [0.05, 0.1) is 13.2 Å². The zero-order valence-electron chi connectivity index (χ0n) is 13.3. The van der Waals surface area contributed by atoms with Crippen molar-refractivity contribution in [2.75, 3.05) is 31.6 Å². The number of rotatable bonds is 6. The number of anilines is 1. The van der Waals surface area contributed by atoms with E-state index in [1.165, 1.54) is 17.4 Å². The third-order valence-corrected chi connectivity index (χ3v) is 4.65. The lowest BCUT2D eigenvalue weighted by molar-refractivity contribution is -0.117. The van der Waals surface area contributed by atoms with Crippen molar-refractivity contribution in [1.82, 2.24) is 9.88 Å². The first-order valence-corrected chi connectivity index (χ1v) is 8.87. The van der Waals surface area contributed by atoms with Crippen LogP contribution in [0.4, 0.5) is 9.52 Å². The number of nitrogens with one attached hydrogen (secondary N) is 1. The molecule has 0 radical (unpaired) electrons. The summed E-state index contributed by atoms with van der Waals surface area (Å²) in [5.41, 5.74) is 0. The fraction of sp³-hybridized carbons (Fsp3) is 0.412. The topological polar surface area (TPSA) is 54.5 Å². The predicted octanol–water partition coefficient (Wildman–Crippen LogP) is 3.01. The van der Waals surface area contributed by atoms with Crippen molar-refractivity contribution < 1.29 is 13.9 Å². The molecule has 1 atom stereocenters. The van der Waals surface area contributed by atoms with Gasteiger partial charge in [0, 0.05) is 24.0 Å². The van der Waals surface area contributed by atoms with Crippen LogP contribution in [0, 0.1) is 11.7 Å². The highest BCUT2D eigenvalue weighted by atomic mass is 32.1. The number of nitrogens with zero attached hydrogens (tertiary/aromatic N) is 2. The molecule has 2 aromatic rings. The molecule has 0 aliphatic carbocycles. The Morgan fingerprint density at radius 2 is 2.33 bits per heavy atom. The third-order valence-electron chi connectivity index (χ3n) is 3.96. The SMILES string of the molecule is O=C(CN1CCC[C@H](COc2ccccc2F)C1)Nc1nccs1. The van der Waals surface area contributed by atoms with E-state index in [0.29, 0.717) is 24.2 Å². The number of aromatic nitrogens is 1. The summed E-state index contributed by atoms with van der Waals surface area (Å²) in [5.74, 6) is 0.191. The molecule has 1 fully saturated rings. The molecule has 1 amide bonds. The Kier molecular flexibility index (Phi) is 5.77. The molecule has 1 saturated heterocycles.